The Morgan fingerprint density at radius 1 is 1.12 bits per heavy atom. The standard InChI is InChI=1S/C26H30N4O4/c31-23-7-6-22(24(32)29-23)30-15-19-13-18(4-5-20(19)25(30)33)21-12-17(8-11-28-21)14-27-16-26(34)9-2-1-3-10-26/h4-5,8,11-13,22,27,34H,1-3,6-7,9-10,14-16H2,(H,29,31,32). The van der Waals surface area contributed by atoms with Gasteiger partial charge in [0, 0.05) is 43.4 Å². The van der Waals surface area contributed by atoms with Crippen LogP contribution in [0.3, 0.4) is 0 Å². The van der Waals surface area contributed by atoms with Crippen molar-refractivity contribution in [1.29, 1.82) is 0 Å². The first-order valence-corrected chi connectivity index (χ1v) is 12.1. The zero-order valence-electron chi connectivity index (χ0n) is 19.2. The highest BCUT2D eigenvalue weighted by molar-refractivity contribution is 6.05. The predicted octanol–water partition coefficient (Wildman–Crippen LogP) is 2.29. The maximum atomic E-state index is 12.9. The zero-order chi connectivity index (χ0) is 23.7. The lowest BCUT2D eigenvalue weighted by molar-refractivity contribution is -0.136. The van der Waals surface area contributed by atoms with Gasteiger partial charge in [-0.3, -0.25) is 24.7 Å². The molecule has 34 heavy (non-hydrogen) atoms. The third-order valence-corrected chi connectivity index (χ3v) is 7.21. The smallest absolute Gasteiger partial charge is 0.255 e. The van der Waals surface area contributed by atoms with Crippen LogP contribution in [0.1, 0.15) is 66.4 Å². The fourth-order valence-electron chi connectivity index (χ4n) is 5.30. The fourth-order valence-corrected chi connectivity index (χ4v) is 5.30. The minimum Gasteiger partial charge on any atom is -0.389 e. The van der Waals surface area contributed by atoms with Crippen LogP contribution in [0.15, 0.2) is 36.5 Å². The fraction of sp³-hybridized carbons (Fsp3) is 0.462. The van der Waals surface area contributed by atoms with Crippen molar-refractivity contribution < 1.29 is 19.5 Å². The maximum Gasteiger partial charge on any atom is 0.255 e. The van der Waals surface area contributed by atoms with Gasteiger partial charge < -0.3 is 15.3 Å². The normalized spacial score (nSPS) is 22.0. The number of pyridine rings is 1. The zero-order valence-corrected chi connectivity index (χ0v) is 19.2. The molecule has 0 bridgehead atoms. The Kier molecular flexibility index (Phi) is 6.18. The van der Waals surface area contributed by atoms with Crippen LogP contribution in [0.5, 0.6) is 0 Å². The van der Waals surface area contributed by atoms with Gasteiger partial charge in [0.05, 0.1) is 11.3 Å². The van der Waals surface area contributed by atoms with E-state index in [0.717, 1.165) is 48.1 Å². The molecular weight excluding hydrogens is 432 g/mol. The second-order valence-electron chi connectivity index (χ2n) is 9.71. The monoisotopic (exact) mass is 462 g/mol. The number of aliphatic hydroxyl groups is 1. The number of aromatic nitrogens is 1. The van der Waals surface area contributed by atoms with Crippen LogP contribution in [0, 0.1) is 0 Å². The third-order valence-electron chi connectivity index (χ3n) is 7.21. The average molecular weight is 463 g/mol. The Balaban J connectivity index is 1.27. The average Bonchev–Trinajstić information content (AvgIpc) is 3.15. The van der Waals surface area contributed by atoms with Crippen molar-refractivity contribution in [3.63, 3.8) is 0 Å². The van der Waals surface area contributed by atoms with Crippen LogP contribution >= 0.6 is 0 Å². The van der Waals surface area contributed by atoms with Crippen LogP contribution < -0.4 is 10.6 Å². The van der Waals surface area contributed by atoms with Gasteiger partial charge in [0.15, 0.2) is 0 Å². The van der Waals surface area contributed by atoms with Crippen molar-refractivity contribution in [3.05, 3.63) is 53.2 Å². The number of hydrogen-bond acceptors (Lipinski definition) is 6. The quantitative estimate of drug-likeness (QED) is 0.568. The Labute approximate surface area is 198 Å². The van der Waals surface area contributed by atoms with Gasteiger partial charge in [-0.1, -0.05) is 25.3 Å². The topological polar surface area (TPSA) is 112 Å². The van der Waals surface area contributed by atoms with E-state index >= 15 is 0 Å². The Morgan fingerprint density at radius 2 is 1.94 bits per heavy atom. The number of carbonyl (C=O) groups excluding carboxylic acids is 3. The lowest BCUT2D eigenvalue weighted by atomic mass is 9.85. The van der Waals surface area contributed by atoms with Gasteiger partial charge in [0.25, 0.3) is 5.91 Å². The van der Waals surface area contributed by atoms with Gasteiger partial charge in [0.1, 0.15) is 6.04 Å². The number of imide groups is 1. The summed E-state index contributed by atoms with van der Waals surface area (Å²) < 4.78 is 0. The van der Waals surface area contributed by atoms with Gasteiger partial charge in [-0.25, -0.2) is 0 Å². The van der Waals surface area contributed by atoms with Crippen molar-refractivity contribution in [2.45, 2.75) is 69.7 Å². The van der Waals surface area contributed by atoms with Gasteiger partial charge in [0.2, 0.25) is 11.8 Å². The molecule has 3 amide bonds. The summed E-state index contributed by atoms with van der Waals surface area (Å²) in [6, 6.07) is 9.01. The molecule has 3 N–H and O–H groups in total. The van der Waals surface area contributed by atoms with Gasteiger partial charge in [-0.15, -0.1) is 0 Å². The highest BCUT2D eigenvalue weighted by Crippen LogP contribution is 2.31. The summed E-state index contributed by atoms with van der Waals surface area (Å²) in [6.45, 7) is 1.57. The van der Waals surface area contributed by atoms with Crippen LogP contribution in [0.4, 0.5) is 0 Å². The molecule has 3 aliphatic rings. The SMILES string of the molecule is O=C1CCC(N2Cc3cc(-c4cc(CNCC5(O)CCCCC5)ccn4)ccc3C2=O)C(=O)N1. The first kappa shape index (κ1) is 22.7. The number of carbonyl (C=O) groups is 3. The first-order chi connectivity index (χ1) is 16.4. The number of amides is 3. The molecule has 0 spiro atoms. The van der Waals surface area contributed by atoms with E-state index in [9.17, 15) is 19.5 Å². The molecule has 8 nitrogen and oxygen atoms in total. The van der Waals surface area contributed by atoms with Crippen molar-refractivity contribution in [1.82, 2.24) is 20.5 Å². The van der Waals surface area contributed by atoms with E-state index in [1.165, 1.54) is 6.42 Å². The van der Waals surface area contributed by atoms with E-state index in [1.54, 1.807) is 17.2 Å². The Hall–Kier alpha value is -3.10. The minimum atomic E-state index is -0.618. The maximum absolute atomic E-state index is 12.9. The molecule has 1 aromatic carbocycles. The van der Waals surface area contributed by atoms with Crippen LogP contribution in [0.25, 0.3) is 11.3 Å². The molecule has 2 aromatic rings. The highest BCUT2D eigenvalue weighted by atomic mass is 16.3. The molecule has 8 heteroatoms. The van der Waals surface area contributed by atoms with E-state index < -0.39 is 17.6 Å². The number of benzene rings is 1. The number of nitrogens with zero attached hydrogens (tertiary/aromatic N) is 2. The number of piperidine rings is 1. The molecule has 1 aliphatic carbocycles. The molecule has 1 aromatic heterocycles. The number of hydrogen-bond donors (Lipinski definition) is 3. The van der Waals surface area contributed by atoms with Crippen molar-refractivity contribution >= 4 is 17.7 Å². The molecule has 3 heterocycles. The molecule has 1 saturated carbocycles. The lowest BCUT2D eigenvalue weighted by Gasteiger charge is -2.32. The molecule has 0 radical (unpaired) electrons. The predicted molar refractivity (Wildman–Crippen MR) is 125 cm³/mol. The largest absolute Gasteiger partial charge is 0.389 e. The van der Waals surface area contributed by atoms with Crippen molar-refractivity contribution in [3.8, 4) is 11.3 Å². The lowest BCUT2D eigenvalue weighted by Crippen LogP contribution is -2.52. The molecule has 2 fully saturated rings. The molecule has 1 atom stereocenters. The van der Waals surface area contributed by atoms with Crippen LogP contribution in [-0.2, 0) is 22.7 Å². The second-order valence-corrected chi connectivity index (χ2v) is 9.71. The molecular formula is C26H30N4O4. The van der Waals surface area contributed by atoms with E-state index in [1.807, 2.05) is 24.3 Å². The number of nitrogens with one attached hydrogen (secondary N) is 2. The summed E-state index contributed by atoms with van der Waals surface area (Å²) >= 11 is 0. The van der Waals surface area contributed by atoms with Crippen molar-refractivity contribution in [2.24, 2.45) is 0 Å². The molecule has 178 valence electrons. The van der Waals surface area contributed by atoms with Crippen LogP contribution in [-0.4, -0.2) is 50.9 Å². The summed E-state index contributed by atoms with van der Waals surface area (Å²) in [6.07, 6.45) is 7.44. The molecule has 2 aliphatic heterocycles. The second kappa shape index (κ2) is 9.27. The molecule has 1 saturated heterocycles. The molecule has 5 rings (SSSR count). The van der Waals surface area contributed by atoms with Gasteiger partial charge in [-0.2, -0.15) is 0 Å². The summed E-state index contributed by atoms with van der Waals surface area (Å²) in [5, 5.41) is 16.4. The number of rotatable bonds is 6. The molecule has 1 unspecified atom stereocenters. The summed E-state index contributed by atoms with van der Waals surface area (Å²) in [5.41, 5.74) is 3.64. The van der Waals surface area contributed by atoms with E-state index in [0.29, 0.717) is 31.6 Å². The summed E-state index contributed by atoms with van der Waals surface area (Å²) in [7, 11) is 0. The van der Waals surface area contributed by atoms with Gasteiger partial charge >= 0.3 is 0 Å². The summed E-state index contributed by atoms with van der Waals surface area (Å²) in [5.74, 6) is -0.874. The van der Waals surface area contributed by atoms with Crippen LogP contribution in [0.2, 0.25) is 0 Å². The first-order valence-electron chi connectivity index (χ1n) is 12.1. The Bertz CT molecular complexity index is 1130. The van der Waals surface area contributed by atoms with E-state index in [4.69, 9.17) is 0 Å². The van der Waals surface area contributed by atoms with E-state index in [2.05, 4.69) is 15.6 Å². The summed E-state index contributed by atoms with van der Waals surface area (Å²) in [4.78, 5) is 42.7. The Morgan fingerprint density at radius 3 is 2.74 bits per heavy atom. The minimum absolute atomic E-state index is 0.178. The van der Waals surface area contributed by atoms with Gasteiger partial charge in [-0.05, 0) is 54.7 Å². The number of fused-ring (bicyclic) bond motifs is 1. The van der Waals surface area contributed by atoms with E-state index in [-0.39, 0.29) is 18.2 Å². The third kappa shape index (κ3) is 4.60. The van der Waals surface area contributed by atoms with Crippen molar-refractivity contribution in [2.75, 3.05) is 6.54 Å². The highest BCUT2D eigenvalue weighted by Gasteiger charge is 2.39.